The molecule has 1 aliphatic rings. The molecule has 1 unspecified atom stereocenters. The number of benzene rings is 1. The topological polar surface area (TPSA) is 125 Å². The molecule has 1 aromatic carbocycles. The lowest BCUT2D eigenvalue weighted by Crippen LogP contribution is -2.58. The smallest absolute Gasteiger partial charge is 0.407 e. The molecule has 1 aliphatic heterocycles. The molecule has 1 fully saturated rings. The summed E-state index contributed by atoms with van der Waals surface area (Å²) in [6.07, 6.45) is 3.77. The van der Waals surface area contributed by atoms with Gasteiger partial charge in [-0.25, -0.2) is 24.1 Å². The molecule has 5 rings (SSSR count). The Bertz CT molecular complexity index is 1530. The maximum Gasteiger partial charge on any atom is 0.407 e. The number of methoxy groups -OCH3 is 1. The van der Waals surface area contributed by atoms with Gasteiger partial charge in [-0.05, 0) is 32.9 Å². The van der Waals surface area contributed by atoms with Crippen LogP contribution in [0.25, 0.3) is 16.7 Å². The number of imidazole rings is 1. The molecule has 0 bridgehead atoms. The van der Waals surface area contributed by atoms with Crippen LogP contribution in [0.15, 0.2) is 36.8 Å². The molecule has 0 radical (unpaired) electrons. The number of rotatable bonds is 4. The van der Waals surface area contributed by atoms with Crippen molar-refractivity contribution < 1.29 is 23.8 Å². The second-order valence-corrected chi connectivity index (χ2v) is 9.18. The van der Waals surface area contributed by atoms with Crippen molar-refractivity contribution >= 4 is 40.1 Å². The first kappa shape index (κ1) is 24.2. The standard InChI is InChI=1S/C25H26FN7O4/c1-13-9-32-12-16(7-18(26)23(32)28-13)29-24(34)17-5-6-19(22-21(17)30-20(37-4)8-27-22)31-10-14(2)33(25(35)36)15(3)11-31/h5-9,12,14-15H,10-11H2,1-4H3,(H,29,34)(H,35,36)/t14-,15?/m0/s1. The van der Waals surface area contributed by atoms with E-state index in [4.69, 9.17) is 4.74 Å². The molecule has 0 spiro atoms. The summed E-state index contributed by atoms with van der Waals surface area (Å²) in [6, 6.07) is 4.13. The van der Waals surface area contributed by atoms with Gasteiger partial charge in [0.1, 0.15) is 11.0 Å². The highest BCUT2D eigenvalue weighted by molar-refractivity contribution is 6.13. The van der Waals surface area contributed by atoms with Gasteiger partial charge in [-0.1, -0.05) is 0 Å². The normalized spacial score (nSPS) is 17.9. The van der Waals surface area contributed by atoms with E-state index in [1.807, 2.05) is 18.7 Å². The van der Waals surface area contributed by atoms with E-state index in [0.717, 1.165) is 5.69 Å². The fourth-order valence-electron chi connectivity index (χ4n) is 4.95. The molecule has 12 heteroatoms. The third kappa shape index (κ3) is 4.34. The van der Waals surface area contributed by atoms with Gasteiger partial charge in [-0.2, -0.15) is 0 Å². The van der Waals surface area contributed by atoms with Crippen LogP contribution >= 0.6 is 0 Å². The van der Waals surface area contributed by atoms with Crippen LogP contribution in [0.4, 0.5) is 20.6 Å². The van der Waals surface area contributed by atoms with Crippen LogP contribution < -0.4 is 15.0 Å². The summed E-state index contributed by atoms with van der Waals surface area (Å²) in [5, 5.41) is 12.3. The van der Waals surface area contributed by atoms with Gasteiger partial charge in [0.25, 0.3) is 5.91 Å². The van der Waals surface area contributed by atoms with E-state index in [1.54, 1.807) is 31.5 Å². The van der Waals surface area contributed by atoms with Gasteiger partial charge in [0, 0.05) is 31.5 Å². The number of carbonyl (C=O) groups excluding carboxylic acids is 1. The highest BCUT2D eigenvalue weighted by atomic mass is 19.1. The third-order valence-corrected chi connectivity index (χ3v) is 6.47. The van der Waals surface area contributed by atoms with Crippen molar-refractivity contribution in [2.24, 2.45) is 0 Å². The number of halogens is 1. The first-order valence-electron chi connectivity index (χ1n) is 11.7. The van der Waals surface area contributed by atoms with Crippen molar-refractivity contribution in [3.8, 4) is 5.88 Å². The van der Waals surface area contributed by atoms with Crippen molar-refractivity contribution in [1.29, 1.82) is 0 Å². The average molecular weight is 508 g/mol. The zero-order valence-electron chi connectivity index (χ0n) is 20.8. The van der Waals surface area contributed by atoms with Gasteiger partial charge < -0.3 is 24.5 Å². The highest BCUT2D eigenvalue weighted by Crippen LogP contribution is 2.31. The minimum absolute atomic E-state index is 0.173. The third-order valence-electron chi connectivity index (χ3n) is 6.47. The SMILES string of the molecule is COc1cnc2c(N3CC(C)N(C(=O)O)[C@@H](C)C3)ccc(C(=O)Nc3cc(F)c4nc(C)cn4c3)c2n1. The van der Waals surface area contributed by atoms with Crippen molar-refractivity contribution in [1.82, 2.24) is 24.3 Å². The Hall–Kier alpha value is -4.48. The molecule has 11 nitrogen and oxygen atoms in total. The summed E-state index contributed by atoms with van der Waals surface area (Å²) in [5.74, 6) is -0.819. The quantitative estimate of drug-likeness (QED) is 0.430. The molecule has 0 aliphatic carbocycles. The fraction of sp³-hybridized carbons (Fsp3) is 0.320. The molecule has 192 valence electrons. The van der Waals surface area contributed by atoms with Crippen LogP contribution in [0.2, 0.25) is 0 Å². The van der Waals surface area contributed by atoms with Gasteiger partial charge in [-0.3, -0.25) is 9.69 Å². The number of ether oxygens (including phenoxy) is 1. The molecule has 4 aromatic rings. The number of pyridine rings is 1. The summed E-state index contributed by atoms with van der Waals surface area (Å²) < 4.78 is 21.3. The number of hydrogen-bond acceptors (Lipinski definition) is 7. The Morgan fingerprint density at radius 1 is 1.14 bits per heavy atom. The van der Waals surface area contributed by atoms with Gasteiger partial charge in [0.2, 0.25) is 5.88 Å². The molecular formula is C25H26FN7O4. The Morgan fingerprint density at radius 2 is 1.86 bits per heavy atom. The van der Waals surface area contributed by atoms with E-state index in [2.05, 4.69) is 20.3 Å². The fourth-order valence-corrected chi connectivity index (χ4v) is 4.95. The van der Waals surface area contributed by atoms with E-state index in [0.29, 0.717) is 29.8 Å². The number of anilines is 2. The zero-order valence-corrected chi connectivity index (χ0v) is 20.8. The van der Waals surface area contributed by atoms with E-state index in [-0.39, 0.29) is 34.9 Å². The van der Waals surface area contributed by atoms with Crippen molar-refractivity contribution in [2.75, 3.05) is 30.4 Å². The summed E-state index contributed by atoms with van der Waals surface area (Å²) >= 11 is 0. The van der Waals surface area contributed by atoms with Gasteiger partial charge >= 0.3 is 6.09 Å². The van der Waals surface area contributed by atoms with Gasteiger partial charge in [-0.15, -0.1) is 0 Å². The number of aromatic nitrogens is 4. The second-order valence-electron chi connectivity index (χ2n) is 9.18. The van der Waals surface area contributed by atoms with Crippen molar-refractivity contribution in [2.45, 2.75) is 32.9 Å². The highest BCUT2D eigenvalue weighted by Gasteiger charge is 2.34. The first-order valence-corrected chi connectivity index (χ1v) is 11.7. The Balaban J connectivity index is 1.52. The van der Waals surface area contributed by atoms with Crippen molar-refractivity contribution in [3.05, 3.63) is 53.9 Å². The monoisotopic (exact) mass is 507 g/mol. The number of carboxylic acid groups (broad SMARTS) is 1. The number of fused-ring (bicyclic) bond motifs is 2. The number of carbonyl (C=O) groups is 2. The number of amides is 2. The molecule has 3 aromatic heterocycles. The van der Waals surface area contributed by atoms with Crippen molar-refractivity contribution in [3.63, 3.8) is 0 Å². The minimum atomic E-state index is -0.957. The maximum absolute atomic E-state index is 14.5. The van der Waals surface area contributed by atoms with Crippen LogP contribution in [0.1, 0.15) is 29.9 Å². The summed E-state index contributed by atoms with van der Waals surface area (Å²) in [6.45, 7) is 6.37. The van der Waals surface area contributed by atoms with Gasteiger partial charge in [0.05, 0.1) is 48.0 Å². The predicted octanol–water partition coefficient (Wildman–Crippen LogP) is 3.56. The number of hydrogen-bond donors (Lipinski definition) is 2. The Morgan fingerprint density at radius 3 is 2.54 bits per heavy atom. The van der Waals surface area contributed by atoms with E-state index in [9.17, 15) is 19.1 Å². The summed E-state index contributed by atoms with van der Waals surface area (Å²) in [4.78, 5) is 41.6. The molecule has 2 atom stereocenters. The lowest BCUT2D eigenvalue weighted by Gasteiger charge is -2.44. The predicted molar refractivity (Wildman–Crippen MR) is 135 cm³/mol. The molecular weight excluding hydrogens is 481 g/mol. The van der Waals surface area contributed by atoms with E-state index in [1.165, 1.54) is 28.7 Å². The molecule has 1 saturated heterocycles. The zero-order chi connectivity index (χ0) is 26.4. The Kier molecular flexibility index (Phi) is 6.02. The molecule has 37 heavy (non-hydrogen) atoms. The lowest BCUT2D eigenvalue weighted by molar-refractivity contribution is 0.0980. The number of nitrogens with one attached hydrogen (secondary N) is 1. The van der Waals surface area contributed by atoms with E-state index >= 15 is 0 Å². The van der Waals surface area contributed by atoms with E-state index < -0.39 is 17.8 Å². The average Bonchev–Trinajstić information content (AvgIpc) is 3.22. The van der Waals surface area contributed by atoms with Crippen LogP contribution in [0.5, 0.6) is 5.88 Å². The number of nitrogens with zero attached hydrogens (tertiary/aromatic N) is 6. The van der Waals surface area contributed by atoms with Gasteiger partial charge in [0.15, 0.2) is 11.5 Å². The number of piperazine rings is 1. The minimum Gasteiger partial charge on any atom is -0.480 e. The maximum atomic E-state index is 14.5. The molecule has 2 N–H and O–H groups in total. The lowest BCUT2D eigenvalue weighted by atomic mass is 10.1. The molecule has 4 heterocycles. The molecule has 2 amide bonds. The van der Waals surface area contributed by atoms with Crippen LogP contribution in [0, 0.1) is 12.7 Å². The summed E-state index contributed by atoms with van der Waals surface area (Å²) in [5.41, 5.74) is 2.84. The number of aryl methyl sites for hydroxylation is 1. The first-order chi connectivity index (χ1) is 17.7. The second kappa shape index (κ2) is 9.19. The Labute approximate surface area is 211 Å². The molecule has 0 saturated carbocycles. The van der Waals surface area contributed by atoms with Crippen LogP contribution in [0.3, 0.4) is 0 Å². The largest absolute Gasteiger partial charge is 0.480 e. The van der Waals surface area contributed by atoms with Crippen LogP contribution in [-0.2, 0) is 0 Å². The summed E-state index contributed by atoms with van der Waals surface area (Å²) in [7, 11) is 1.46. The van der Waals surface area contributed by atoms with Crippen LogP contribution in [-0.4, -0.2) is 73.6 Å².